The van der Waals surface area contributed by atoms with Gasteiger partial charge < -0.3 is 0 Å². The Bertz CT molecular complexity index is 169. The molecule has 0 N–H and O–H groups in total. The van der Waals surface area contributed by atoms with E-state index >= 15 is 0 Å². The minimum absolute atomic E-state index is 0.873. The van der Waals surface area contributed by atoms with Crippen molar-refractivity contribution in [3.8, 4) is 0 Å². The lowest BCUT2D eigenvalue weighted by molar-refractivity contribution is 0.367. The maximum atomic E-state index is 2.41. The van der Waals surface area contributed by atoms with Gasteiger partial charge in [0.2, 0.25) is 0 Å². The molecule has 0 heteroatoms. The summed E-state index contributed by atoms with van der Waals surface area (Å²) in [6.07, 6.45) is 7.44. The van der Waals surface area contributed by atoms with Crippen molar-refractivity contribution in [2.75, 3.05) is 0 Å². The maximum Gasteiger partial charge on any atom is -0.0383 e. The Hall–Kier alpha value is 0. The van der Waals surface area contributed by atoms with Crippen LogP contribution in [0.15, 0.2) is 0 Å². The van der Waals surface area contributed by atoms with Crippen LogP contribution in [-0.4, -0.2) is 0 Å². The van der Waals surface area contributed by atoms with E-state index in [0.717, 1.165) is 29.6 Å². The average molecular weight is 210 g/mol. The van der Waals surface area contributed by atoms with Gasteiger partial charge in [-0.15, -0.1) is 0 Å². The first-order valence-corrected chi connectivity index (χ1v) is 7.00. The summed E-state index contributed by atoms with van der Waals surface area (Å²) in [6.45, 7) is 11.8. The predicted molar refractivity (Wildman–Crippen MR) is 68.9 cm³/mol. The van der Waals surface area contributed by atoms with Crippen molar-refractivity contribution in [2.45, 2.75) is 66.7 Å². The molecule has 0 radical (unpaired) electrons. The standard InChI is InChI=1S/C15H30/c1-11(2)6-8-14-10-15(14)9-7-13(5)12(3)4/h11-15H,6-10H2,1-5H3. The Labute approximate surface area is 96.8 Å². The van der Waals surface area contributed by atoms with Crippen LogP contribution in [0.1, 0.15) is 66.7 Å². The van der Waals surface area contributed by atoms with Gasteiger partial charge in [-0.2, -0.15) is 0 Å². The summed E-state index contributed by atoms with van der Waals surface area (Å²) in [6, 6.07) is 0. The summed E-state index contributed by atoms with van der Waals surface area (Å²) in [5, 5.41) is 0. The molecule has 90 valence electrons. The molecule has 0 amide bonds. The van der Waals surface area contributed by atoms with Crippen molar-refractivity contribution in [3.63, 3.8) is 0 Å². The average Bonchev–Trinajstić information content (AvgIpc) is 2.89. The van der Waals surface area contributed by atoms with Crippen molar-refractivity contribution in [1.82, 2.24) is 0 Å². The zero-order valence-electron chi connectivity index (χ0n) is 11.4. The monoisotopic (exact) mass is 210 g/mol. The minimum Gasteiger partial charge on any atom is -0.0628 e. The Balaban J connectivity index is 2.02. The second kappa shape index (κ2) is 5.92. The lowest BCUT2D eigenvalue weighted by Gasteiger charge is -2.14. The smallest absolute Gasteiger partial charge is 0.0383 e. The van der Waals surface area contributed by atoms with E-state index in [0.29, 0.717) is 0 Å². The van der Waals surface area contributed by atoms with E-state index in [2.05, 4.69) is 34.6 Å². The molecule has 0 spiro atoms. The van der Waals surface area contributed by atoms with Crippen LogP contribution in [0.2, 0.25) is 0 Å². The Morgan fingerprint density at radius 2 is 1.40 bits per heavy atom. The van der Waals surface area contributed by atoms with Crippen molar-refractivity contribution in [1.29, 1.82) is 0 Å². The molecule has 0 saturated heterocycles. The fourth-order valence-corrected chi connectivity index (χ4v) is 2.38. The van der Waals surface area contributed by atoms with Gasteiger partial charge in [0.1, 0.15) is 0 Å². The molecule has 1 rings (SSSR count). The first kappa shape index (κ1) is 13.1. The van der Waals surface area contributed by atoms with Crippen LogP contribution < -0.4 is 0 Å². The summed E-state index contributed by atoms with van der Waals surface area (Å²) in [4.78, 5) is 0. The van der Waals surface area contributed by atoms with E-state index in [1.54, 1.807) is 0 Å². The van der Waals surface area contributed by atoms with Gasteiger partial charge in [-0.3, -0.25) is 0 Å². The molecule has 0 aliphatic heterocycles. The molecule has 1 fully saturated rings. The van der Waals surface area contributed by atoms with Crippen LogP contribution in [0, 0.1) is 29.6 Å². The molecule has 15 heavy (non-hydrogen) atoms. The number of rotatable bonds is 7. The van der Waals surface area contributed by atoms with Gasteiger partial charge in [-0.05, 0) is 48.9 Å². The fourth-order valence-electron chi connectivity index (χ4n) is 2.38. The quantitative estimate of drug-likeness (QED) is 0.546. The van der Waals surface area contributed by atoms with Crippen molar-refractivity contribution >= 4 is 0 Å². The molecule has 0 heterocycles. The molecule has 1 saturated carbocycles. The van der Waals surface area contributed by atoms with E-state index in [-0.39, 0.29) is 0 Å². The van der Waals surface area contributed by atoms with Gasteiger partial charge >= 0.3 is 0 Å². The lowest BCUT2D eigenvalue weighted by Crippen LogP contribution is -2.04. The highest BCUT2D eigenvalue weighted by Crippen LogP contribution is 2.46. The molecule has 0 nitrogen and oxygen atoms in total. The van der Waals surface area contributed by atoms with Crippen LogP contribution in [0.3, 0.4) is 0 Å². The molecular formula is C15H30. The maximum absolute atomic E-state index is 2.41. The zero-order valence-corrected chi connectivity index (χ0v) is 11.4. The first-order valence-electron chi connectivity index (χ1n) is 7.00. The normalized spacial score (nSPS) is 27.4. The van der Waals surface area contributed by atoms with E-state index < -0.39 is 0 Å². The second-order valence-corrected chi connectivity index (χ2v) is 6.53. The van der Waals surface area contributed by atoms with Gasteiger partial charge in [0, 0.05) is 0 Å². The molecule has 0 bridgehead atoms. The van der Waals surface area contributed by atoms with E-state index in [9.17, 15) is 0 Å². The molecule has 3 unspecified atom stereocenters. The molecular weight excluding hydrogens is 180 g/mol. The van der Waals surface area contributed by atoms with Crippen LogP contribution in [0.5, 0.6) is 0 Å². The summed E-state index contributed by atoms with van der Waals surface area (Å²) < 4.78 is 0. The van der Waals surface area contributed by atoms with Crippen molar-refractivity contribution in [2.24, 2.45) is 29.6 Å². The number of hydrogen-bond donors (Lipinski definition) is 0. The van der Waals surface area contributed by atoms with Crippen LogP contribution in [0.25, 0.3) is 0 Å². The van der Waals surface area contributed by atoms with Gasteiger partial charge in [-0.1, -0.05) is 47.5 Å². The largest absolute Gasteiger partial charge is 0.0628 e. The molecule has 0 aromatic carbocycles. The van der Waals surface area contributed by atoms with Gasteiger partial charge in [0.05, 0.1) is 0 Å². The molecule has 3 atom stereocenters. The molecule has 1 aliphatic rings. The highest BCUT2D eigenvalue weighted by Gasteiger charge is 2.35. The van der Waals surface area contributed by atoms with Crippen LogP contribution in [0.4, 0.5) is 0 Å². The topological polar surface area (TPSA) is 0 Å². The molecule has 0 aromatic heterocycles. The predicted octanol–water partition coefficient (Wildman–Crippen LogP) is 5.13. The Morgan fingerprint density at radius 1 is 0.867 bits per heavy atom. The highest BCUT2D eigenvalue weighted by molar-refractivity contribution is 4.86. The molecule has 1 aliphatic carbocycles. The van der Waals surface area contributed by atoms with E-state index in [1.807, 2.05) is 0 Å². The number of hydrogen-bond acceptors (Lipinski definition) is 0. The Morgan fingerprint density at radius 3 is 1.87 bits per heavy atom. The van der Waals surface area contributed by atoms with Crippen LogP contribution >= 0.6 is 0 Å². The van der Waals surface area contributed by atoms with E-state index in [4.69, 9.17) is 0 Å². The third-order valence-electron chi connectivity index (χ3n) is 4.31. The van der Waals surface area contributed by atoms with Gasteiger partial charge in [-0.25, -0.2) is 0 Å². The zero-order chi connectivity index (χ0) is 11.4. The lowest BCUT2D eigenvalue weighted by atomic mass is 9.92. The Kier molecular flexibility index (Phi) is 5.15. The third-order valence-corrected chi connectivity index (χ3v) is 4.31. The van der Waals surface area contributed by atoms with Crippen molar-refractivity contribution < 1.29 is 0 Å². The highest BCUT2D eigenvalue weighted by atomic mass is 14.4. The second-order valence-electron chi connectivity index (χ2n) is 6.53. The van der Waals surface area contributed by atoms with Gasteiger partial charge in [0.25, 0.3) is 0 Å². The summed E-state index contributed by atoms with van der Waals surface area (Å²) in [5.74, 6) is 4.91. The van der Waals surface area contributed by atoms with E-state index in [1.165, 1.54) is 32.1 Å². The third kappa shape index (κ3) is 5.04. The summed E-state index contributed by atoms with van der Waals surface area (Å²) in [7, 11) is 0. The SMILES string of the molecule is CC(C)CCC1CC1CCC(C)C(C)C. The van der Waals surface area contributed by atoms with Crippen LogP contribution in [-0.2, 0) is 0 Å². The fraction of sp³-hybridized carbons (Fsp3) is 1.00. The first-order chi connectivity index (χ1) is 7.00. The van der Waals surface area contributed by atoms with Crippen molar-refractivity contribution in [3.05, 3.63) is 0 Å². The minimum atomic E-state index is 0.873. The summed E-state index contributed by atoms with van der Waals surface area (Å²) >= 11 is 0. The summed E-state index contributed by atoms with van der Waals surface area (Å²) in [5.41, 5.74) is 0. The van der Waals surface area contributed by atoms with Gasteiger partial charge in [0.15, 0.2) is 0 Å². The molecule has 0 aromatic rings.